The third kappa shape index (κ3) is 3.16. The molecule has 1 nitrogen and oxygen atoms in total. The maximum atomic E-state index is 6.12. The van der Waals surface area contributed by atoms with Gasteiger partial charge in [-0.05, 0) is 37.1 Å². The Labute approximate surface area is 107 Å². The van der Waals surface area contributed by atoms with Gasteiger partial charge in [-0.15, -0.1) is 0 Å². The summed E-state index contributed by atoms with van der Waals surface area (Å²) in [5.41, 5.74) is 1.21. The zero-order valence-corrected chi connectivity index (χ0v) is 11.2. The number of thioether (sulfide) groups is 1. The number of rotatable bonds is 4. The molecule has 3 heteroatoms. The first-order valence-electron chi connectivity index (χ1n) is 5.79. The molecule has 0 saturated heterocycles. The van der Waals surface area contributed by atoms with Gasteiger partial charge in [0.15, 0.2) is 0 Å². The molecule has 2 atom stereocenters. The van der Waals surface area contributed by atoms with Gasteiger partial charge in [-0.1, -0.05) is 29.8 Å². The van der Waals surface area contributed by atoms with Crippen LogP contribution in [0, 0.1) is 0 Å². The molecule has 0 bridgehead atoms. The molecule has 1 aliphatic rings. The molecule has 1 aliphatic carbocycles. The monoisotopic (exact) mass is 255 g/mol. The van der Waals surface area contributed by atoms with E-state index in [1.54, 1.807) is 0 Å². The van der Waals surface area contributed by atoms with Crippen molar-refractivity contribution in [3.05, 3.63) is 34.9 Å². The summed E-state index contributed by atoms with van der Waals surface area (Å²) in [5.74, 6) is 0. The minimum Gasteiger partial charge on any atom is -0.310 e. The van der Waals surface area contributed by atoms with Crippen LogP contribution in [0.1, 0.15) is 24.8 Å². The van der Waals surface area contributed by atoms with Crippen LogP contribution in [-0.2, 0) is 6.54 Å². The lowest BCUT2D eigenvalue weighted by molar-refractivity contribution is 0.525. The molecule has 88 valence electrons. The van der Waals surface area contributed by atoms with Gasteiger partial charge in [0.05, 0.1) is 0 Å². The smallest absolute Gasteiger partial charge is 0.0450 e. The Morgan fingerprint density at radius 1 is 1.38 bits per heavy atom. The van der Waals surface area contributed by atoms with Crippen molar-refractivity contribution in [2.45, 2.75) is 37.1 Å². The molecule has 0 radical (unpaired) electrons. The van der Waals surface area contributed by atoms with Crippen molar-refractivity contribution in [1.29, 1.82) is 0 Å². The molecule has 1 aromatic rings. The highest BCUT2D eigenvalue weighted by Gasteiger charge is 2.23. The van der Waals surface area contributed by atoms with Crippen LogP contribution in [-0.4, -0.2) is 17.5 Å². The molecule has 16 heavy (non-hydrogen) atoms. The average Bonchev–Trinajstić information content (AvgIpc) is 2.76. The summed E-state index contributed by atoms with van der Waals surface area (Å²) in [7, 11) is 0. The highest BCUT2D eigenvalue weighted by Crippen LogP contribution is 2.28. The predicted molar refractivity (Wildman–Crippen MR) is 73.2 cm³/mol. The molecule has 0 heterocycles. The van der Waals surface area contributed by atoms with E-state index in [0.29, 0.717) is 6.04 Å². The van der Waals surface area contributed by atoms with Crippen LogP contribution in [0.3, 0.4) is 0 Å². The maximum Gasteiger partial charge on any atom is 0.0450 e. The number of hydrogen-bond donors (Lipinski definition) is 1. The molecule has 1 saturated carbocycles. The highest BCUT2D eigenvalue weighted by atomic mass is 35.5. The fraction of sp³-hybridized carbons (Fsp3) is 0.538. The van der Waals surface area contributed by atoms with Crippen LogP contribution in [0.25, 0.3) is 0 Å². The van der Waals surface area contributed by atoms with Gasteiger partial charge in [-0.2, -0.15) is 11.8 Å². The van der Waals surface area contributed by atoms with E-state index in [0.717, 1.165) is 16.8 Å². The van der Waals surface area contributed by atoms with Gasteiger partial charge in [0.1, 0.15) is 0 Å². The summed E-state index contributed by atoms with van der Waals surface area (Å²) in [6.45, 7) is 0.894. The number of benzene rings is 1. The molecular weight excluding hydrogens is 238 g/mol. The lowest BCUT2D eigenvalue weighted by atomic mass is 10.2. The summed E-state index contributed by atoms with van der Waals surface area (Å²) < 4.78 is 0. The Morgan fingerprint density at radius 2 is 2.19 bits per heavy atom. The first-order valence-corrected chi connectivity index (χ1v) is 7.45. The van der Waals surface area contributed by atoms with Gasteiger partial charge >= 0.3 is 0 Å². The van der Waals surface area contributed by atoms with Gasteiger partial charge in [-0.3, -0.25) is 0 Å². The molecule has 1 fully saturated rings. The molecule has 0 amide bonds. The van der Waals surface area contributed by atoms with Crippen molar-refractivity contribution in [2.24, 2.45) is 0 Å². The van der Waals surface area contributed by atoms with E-state index in [2.05, 4.69) is 17.6 Å². The summed E-state index contributed by atoms with van der Waals surface area (Å²) in [6, 6.07) is 8.75. The Bertz CT molecular complexity index is 342. The van der Waals surface area contributed by atoms with Crippen LogP contribution >= 0.6 is 23.4 Å². The van der Waals surface area contributed by atoms with E-state index < -0.39 is 0 Å². The van der Waals surface area contributed by atoms with Crippen LogP contribution in [0.15, 0.2) is 24.3 Å². The zero-order chi connectivity index (χ0) is 11.4. The van der Waals surface area contributed by atoms with Crippen LogP contribution in [0.2, 0.25) is 5.02 Å². The Morgan fingerprint density at radius 3 is 2.88 bits per heavy atom. The minimum atomic E-state index is 0.675. The van der Waals surface area contributed by atoms with Crippen molar-refractivity contribution in [3.63, 3.8) is 0 Å². The van der Waals surface area contributed by atoms with Crippen molar-refractivity contribution in [3.8, 4) is 0 Å². The molecule has 2 rings (SSSR count). The lowest BCUT2D eigenvalue weighted by Crippen LogP contribution is -2.26. The lowest BCUT2D eigenvalue weighted by Gasteiger charge is -2.13. The first-order chi connectivity index (χ1) is 7.79. The fourth-order valence-electron chi connectivity index (χ4n) is 2.24. The molecule has 1 N–H and O–H groups in total. The van der Waals surface area contributed by atoms with Crippen molar-refractivity contribution in [1.82, 2.24) is 5.32 Å². The highest BCUT2D eigenvalue weighted by molar-refractivity contribution is 7.99. The van der Waals surface area contributed by atoms with Gasteiger partial charge in [0.25, 0.3) is 0 Å². The van der Waals surface area contributed by atoms with E-state index >= 15 is 0 Å². The molecule has 0 aromatic heterocycles. The summed E-state index contributed by atoms with van der Waals surface area (Å²) >= 11 is 8.12. The molecule has 0 aliphatic heterocycles. The first kappa shape index (κ1) is 12.3. The zero-order valence-electron chi connectivity index (χ0n) is 9.58. The van der Waals surface area contributed by atoms with E-state index in [1.165, 1.54) is 24.8 Å². The van der Waals surface area contributed by atoms with Gasteiger partial charge in [0, 0.05) is 22.9 Å². The predicted octanol–water partition coefficient (Wildman–Crippen LogP) is 3.71. The standard InChI is InChI=1S/C13H18ClNS/c1-16-12-7-6-11(8-12)15-9-10-4-2-3-5-13(10)14/h2-5,11-12,15H,6-9H2,1H3. The van der Waals surface area contributed by atoms with E-state index in [9.17, 15) is 0 Å². The van der Waals surface area contributed by atoms with Gasteiger partial charge < -0.3 is 5.32 Å². The third-order valence-corrected chi connectivity index (χ3v) is 4.72. The van der Waals surface area contributed by atoms with Crippen molar-refractivity contribution in [2.75, 3.05) is 6.26 Å². The van der Waals surface area contributed by atoms with Gasteiger partial charge in [0.2, 0.25) is 0 Å². The topological polar surface area (TPSA) is 12.0 Å². The SMILES string of the molecule is CSC1CCC(NCc2ccccc2Cl)C1. The van der Waals surface area contributed by atoms with Crippen LogP contribution < -0.4 is 5.32 Å². The fourth-order valence-corrected chi connectivity index (χ4v) is 3.23. The van der Waals surface area contributed by atoms with Crippen LogP contribution in [0.4, 0.5) is 0 Å². The van der Waals surface area contributed by atoms with Crippen molar-refractivity contribution >= 4 is 23.4 Å². The second-order valence-corrected chi connectivity index (χ2v) is 5.89. The normalized spacial score (nSPS) is 24.9. The van der Waals surface area contributed by atoms with Crippen molar-refractivity contribution < 1.29 is 0 Å². The largest absolute Gasteiger partial charge is 0.310 e. The Hall–Kier alpha value is -0.180. The maximum absolute atomic E-state index is 6.12. The average molecular weight is 256 g/mol. The van der Waals surface area contributed by atoms with Gasteiger partial charge in [-0.25, -0.2) is 0 Å². The summed E-state index contributed by atoms with van der Waals surface area (Å²) in [5, 5.41) is 5.33. The molecule has 2 unspecified atom stereocenters. The number of halogens is 1. The summed E-state index contributed by atoms with van der Waals surface area (Å²) in [6.07, 6.45) is 6.16. The molecule has 0 spiro atoms. The quantitative estimate of drug-likeness (QED) is 0.880. The van der Waals surface area contributed by atoms with Crippen LogP contribution in [0.5, 0.6) is 0 Å². The molecular formula is C13H18ClNS. The second-order valence-electron chi connectivity index (χ2n) is 4.34. The molecule has 1 aromatic carbocycles. The third-order valence-electron chi connectivity index (χ3n) is 3.26. The van der Waals surface area contributed by atoms with E-state index in [-0.39, 0.29) is 0 Å². The number of nitrogens with one attached hydrogen (secondary N) is 1. The minimum absolute atomic E-state index is 0.675. The van der Waals surface area contributed by atoms with E-state index in [1.807, 2.05) is 30.0 Å². The Kier molecular flexibility index (Phi) is 4.56. The second kappa shape index (κ2) is 5.95. The Balaban J connectivity index is 1.82. The summed E-state index contributed by atoms with van der Waals surface area (Å²) in [4.78, 5) is 0. The van der Waals surface area contributed by atoms with E-state index in [4.69, 9.17) is 11.6 Å². The number of hydrogen-bond acceptors (Lipinski definition) is 2.